The zero-order valence-electron chi connectivity index (χ0n) is 9.75. The van der Waals surface area contributed by atoms with Gasteiger partial charge in [-0.15, -0.1) is 0 Å². The summed E-state index contributed by atoms with van der Waals surface area (Å²) in [5.74, 6) is 0.105. The summed E-state index contributed by atoms with van der Waals surface area (Å²) in [5, 5.41) is 3.66. The van der Waals surface area contributed by atoms with Gasteiger partial charge in [-0.3, -0.25) is 0 Å². The van der Waals surface area contributed by atoms with Crippen molar-refractivity contribution < 1.29 is 14.3 Å². The van der Waals surface area contributed by atoms with Gasteiger partial charge in [0, 0.05) is 5.02 Å². The van der Waals surface area contributed by atoms with Crippen LogP contribution in [-0.2, 0) is 4.74 Å². The van der Waals surface area contributed by atoms with E-state index < -0.39 is 5.97 Å². The van der Waals surface area contributed by atoms with Gasteiger partial charge in [-0.1, -0.05) is 11.6 Å². The highest BCUT2D eigenvalue weighted by molar-refractivity contribution is 6.31. The second-order valence-corrected chi connectivity index (χ2v) is 4.30. The lowest BCUT2D eigenvalue weighted by Crippen LogP contribution is -2.29. The number of carbonyl (C=O) groups is 1. The molecule has 0 aromatic heterocycles. The Balaban J connectivity index is 2.43. The summed E-state index contributed by atoms with van der Waals surface area (Å²) in [6.45, 7) is 4.70. The van der Waals surface area contributed by atoms with Crippen molar-refractivity contribution in [1.82, 2.24) is 0 Å². The van der Waals surface area contributed by atoms with E-state index in [1.54, 1.807) is 19.1 Å². The Morgan fingerprint density at radius 1 is 1.65 bits per heavy atom. The maximum Gasteiger partial charge on any atom is 0.342 e. The first kappa shape index (κ1) is 12.0. The summed E-state index contributed by atoms with van der Waals surface area (Å²) in [7, 11) is 0. The van der Waals surface area contributed by atoms with Crippen molar-refractivity contribution in [3.8, 4) is 5.75 Å². The highest BCUT2D eigenvalue weighted by Gasteiger charge is 2.24. The van der Waals surface area contributed by atoms with Crippen molar-refractivity contribution in [3.05, 3.63) is 22.7 Å². The molecule has 5 heteroatoms. The molecule has 0 bridgehead atoms. The molecule has 17 heavy (non-hydrogen) atoms. The van der Waals surface area contributed by atoms with Gasteiger partial charge in [-0.25, -0.2) is 4.79 Å². The molecule has 1 aromatic rings. The quantitative estimate of drug-likeness (QED) is 0.826. The Kier molecular flexibility index (Phi) is 3.43. The third-order valence-corrected chi connectivity index (χ3v) is 2.67. The number of nitrogens with one attached hydrogen (secondary N) is 1. The predicted octanol–water partition coefficient (Wildman–Crippen LogP) is 2.71. The van der Waals surface area contributed by atoms with Gasteiger partial charge in [0.25, 0.3) is 0 Å². The zero-order chi connectivity index (χ0) is 12.4. The Hall–Kier alpha value is -1.42. The average molecular weight is 256 g/mol. The van der Waals surface area contributed by atoms with E-state index in [0.717, 1.165) is 5.69 Å². The number of ether oxygens (including phenoxy) is 2. The number of anilines is 1. The summed E-state index contributed by atoms with van der Waals surface area (Å²) in [4.78, 5) is 11.8. The lowest BCUT2D eigenvalue weighted by molar-refractivity contribution is 0.0519. The smallest absolute Gasteiger partial charge is 0.342 e. The first-order chi connectivity index (χ1) is 8.11. The van der Waals surface area contributed by atoms with Crippen LogP contribution in [0.3, 0.4) is 0 Å². The largest absolute Gasteiger partial charge is 0.486 e. The number of rotatable bonds is 2. The van der Waals surface area contributed by atoms with E-state index in [4.69, 9.17) is 21.1 Å². The fourth-order valence-corrected chi connectivity index (χ4v) is 1.93. The van der Waals surface area contributed by atoms with E-state index in [1.807, 2.05) is 6.92 Å². The molecule has 0 amide bonds. The second kappa shape index (κ2) is 4.84. The molecular weight excluding hydrogens is 242 g/mol. The molecule has 2 rings (SSSR count). The SMILES string of the molecule is CCOC(=O)c1cc(Cl)cc2c1OC(C)CN2. The fraction of sp³-hybridized carbons (Fsp3) is 0.417. The van der Waals surface area contributed by atoms with Crippen LogP contribution >= 0.6 is 11.6 Å². The first-order valence-electron chi connectivity index (χ1n) is 5.53. The van der Waals surface area contributed by atoms with E-state index in [1.165, 1.54) is 0 Å². The summed E-state index contributed by atoms with van der Waals surface area (Å²) in [6, 6.07) is 3.31. The first-order valence-corrected chi connectivity index (χ1v) is 5.90. The molecule has 92 valence electrons. The normalized spacial score (nSPS) is 17.7. The number of carbonyl (C=O) groups excluding carboxylic acids is 1. The second-order valence-electron chi connectivity index (χ2n) is 3.86. The molecule has 1 N–H and O–H groups in total. The highest BCUT2D eigenvalue weighted by Crippen LogP contribution is 2.36. The number of halogens is 1. The molecule has 1 aliphatic heterocycles. The molecule has 1 atom stereocenters. The zero-order valence-corrected chi connectivity index (χ0v) is 10.5. The van der Waals surface area contributed by atoms with Crippen LogP contribution in [0.5, 0.6) is 5.75 Å². The molecule has 0 spiro atoms. The van der Waals surface area contributed by atoms with Crippen LogP contribution in [0.1, 0.15) is 24.2 Å². The van der Waals surface area contributed by atoms with Gasteiger partial charge in [-0.2, -0.15) is 0 Å². The number of fused-ring (bicyclic) bond motifs is 1. The van der Waals surface area contributed by atoms with Gasteiger partial charge in [-0.05, 0) is 26.0 Å². The van der Waals surface area contributed by atoms with Gasteiger partial charge in [0.1, 0.15) is 11.7 Å². The van der Waals surface area contributed by atoms with Crippen molar-refractivity contribution in [2.45, 2.75) is 20.0 Å². The topological polar surface area (TPSA) is 47.6 Å². The molecule has 0 aliphatic carbocycles. The van der Waals surface area contributed by atoms with Crippen molar-refractivity contribution in [2.24, 2.45) is 0 Å². The molecule has 1 heterocycles. The van der Waals surface area contributed by atoms with Gasteiger partial charge < -0.3 is 14.8 Å². The molecule has 0 saturated heterocycles. The Morgan fingerprint density at radius 2 is 2.41 bits per heavy atom. The Morgan fingerprint density at radius 3 is 3.12 bits per heavy atom. The third-order valence-electron chi connectivity index (χ3n) is 2.45. The standard InChI is InChI=1S/C12H14ClNO3/c1-3-16-12(15)9-4-8(13)5-10-11(9)17-7(2)6-14-10/h4-5,7,14H,3,6H2,1-2H3. The van der Waals surface area contributed by atoms with Crippen molar-refractivity contribution in [2.75, 3.05) is 18.5 Å². The minimum atomic E-state index is -0.415. The van der Waals surface area contributed by atoms with Gasteiger partial charge in [0.15, 0.2) is 5.75 Å². The maximum atomic E-state index is 11.8. The average Bonchev–Trinajstić information content (AvgIpc) is 2.29. The summed E-state index contributed by atoms with van der Waals surface area (Å²) in [5.41, 5.74) is 1.10. The predicted molar refractivity (Wildman–Crippen MR) is 66.0 cm³/mol. The number of benzene rings is 1. The van der Waals surface area contributed by atoms with Crippen molar-refractivity contribution in [1.29, 1.82) is 0 Å². The molecule has 0 fully saturated rings. The van der Waals surface area contributed by atoms with Crippen LogP contribution < -0.4 is 10.1 Å². The van der Waals surface area contributed by atoms with Crippen LogP contribution in [0, 0.1) is 0 Å². The van der Waals surface area contributed by atoms with Crippen LogP contribution in [0.25, 0.3) is 0 Å². The lowest BCUT2D eigenvalue weighted by Gasteiger charge is -2.26. The van der Waals surface area contributed by atoms with Gasteiger partial charge in [0.2, 0.25) is 0 Å². The molecule has 4 nitrogen and oxygen atoms in total. The molecule has 1 aliphatic rings. The third kappa shape index (κ3) is 2.47. The van der Waals surface area contributed by atoms with Crippen LogP contribution in [0.2, 0.25) is 5.02 Å². The number of hydrogen-bond donors (Lipinski definition) is 1. The summed E-state index contributed by atoms with van der Waals surface area (Å²) >= 11 is 5.96. The van der Waals surface area contributed by atoms with Crippen LogP contribution in [0.15, 0.2) is 12.1 Å². The molecule has 0 saturated carbocycles. The molecule has 1 unspecified atom stereocenters. The van der Waals surface area contributed by atoms with E-state index in [0.29, 0.717) is 29.5 Å². The van der Waals surface area contributed by atoms with Crippen molar-refractivity contribution in [3.63, 3.8) is 0 Å². The van der Waals surface area contributed by atoms with E-state index in [9.17, 15) is 4.79 Å². The summed E-state index contributed by atoms with van der Waals surface area (Å²) in [6.07, 6.45) is 0.0110. The highest BCUT2D eigenvalue weighted by atomic mass is 35.5. The molecular formula is C12H14ClNO3. The van der Waals surface area contributed by atoms with Crippen LogP contribution in [0.4, 0.5) is 5.69 Å². The number of hydrogen-bond acceptors (Lipinski definition) is 4. The molecule has 0 radical (unpaired) electrons. The Labute approximate surface area is 105 Å². The van der Waals surface area contributed by atoms with Gasteiger partial charge >= 0.3 is 5.97 Å². The minimum Gasteiger partial charge on any atom is -0.486 e. The minimum absolute atomic E-state index is 0.0110. The molecule has 1 aromatic carbocycles. The fourth-order valence-electron chi connectivity index (χ4n) is 1.71. The number of esters is 1. The lowest BCUT2D eigenvalue weighted by atomic mass is 10.1. The van der Waals surface area contributed by atoms with Gasteiger partial charge in [0.05, 0.1) is 18.8 Å². The van der Waals surface area contributed by atoms with E-state index in [-0.39, 0.29) is 6.10 Å². The van der Waals surface area contributed by atoms with E-state index >= 15 is 0 Å². The maximum absolute atomic E-state index is 11.8. The van der Waals surface area contributed by atoms with Crippen molar-refractivity contribution >= 4 is 23.3 Å². The van der Waals surface area contributed by atoms with Crippen LogP contribution in [-0.4, -0.2) is 25.2 Å². The van der Waals surface area contributed by atoms with E-state index in [2.05, 4.69) is 5.32 Å². The Bertz CT molecular complexity index is 448. The summed E-state index contributed by atoms with van der Waals surface area (Å²) < 4.78 is 10.6. The monoisotopic (exact) mass is 255 g/mol.